The summed E-state index contributed by atoms with van der Waals surface area (Å²) >= 11 is 0. The summed E-state index contributed by atoms with van der Waals surface area (Å²) in [4.78, 5) is 14.4. The van der Waals surface area contributed by atoms with E-state index in [0.717, 1.165) is 26.1 Å². The molecule has 1 N–H and O–H groups in total. The summed E-state index contributed by atoms with van der Waals surface area (Å²) in [5, 5.41) is 3.35. The van der Waals surface area contributed by atoms with E-state index in [-0.39, 0.29) is 11.4 Å². The molecule has 19 heavy (non-hydrogen) atoms. The molecule has 0 saturated carbocycles. The van der Waals surface area contributed by atoms with Crippen molar-refractivity contribution in [2.75, 3.05) is 19.6 Å². The number of aryl methyl sites for hydroxylation is 2. The van der Waals surface area contributed by atoms with Gasteiger partial charge < -0.3 is 10.2 Å². The maximum atomic E-state index is 12.4. The third kappa shape index (κ3) is 3.57. The third-order valence-corrected chi connectivity index (χ3v) is 3.85. The molecule has 1 aromatic rings. The van der Waals surface area contributed by atoms with Gasteiger partial charge >= 0.3 is 0 Å². The molecular formula is C16H24N2O. The Kier molecular flexibility index (Phi) is 4.25. The molecular weight excluding hydrogens is 236 g/mol. The summed E-state index contributed by atoms with van der Waals surface area (Å²) in [6.07, 6.45) is 1.44. The maximum absolute atomic E-state index is 12.4. The Balaban J connectivity index is 1.92. The van der Waals surface area contributed by atoms with Gasteiger partial charge in [-0.1, -0.05) is 29.8 Å². The van der Waals surface area contributed by atoms with Crippen molar-refractivity contribution in [1.82, 2.24) is 10.2 Å². The maximum Gasteiger partial charge on any atom is 0.223 e. The number of hydrogen-bond acceptors (Lipinski definition) is 2. The lowest BCUT2D eigenvalue weighted by molar-refractivity contribution is -0.137. The van der Waals surface area contributed by atoms with E-state index in [1.54, 1.807) is 0 Å². The lowest BCUT2D eigenvalue weighted by Crippen LogP contribution is -2.59. The van der Waals surface area contributed by atoms with Gasteiger partial charge in [0.1, 0.15) is 0 Å². The van der Waals surface area contributed by atoms with Crippen LogP contribution < -0.4 is 5.32 Å². The van der Waals surface area contributed by atoms with Crippen LogP contribution in [-0.4, -0.2) is 36.0 Å². The summed E-state index contributed by atoms with van der Waals surface area (Å²) in [7, 11) is 0. The van der Waals surface area contributed by atoms with Gasteiger partial charge in [0.25, 0.3) is 0 Å². The standard InChI is InChI=1S/C16H24N2O/c1-13-4-6-14(7-5-13)8-9-15(19)18-11-10-17-12-16(18,2)3/h4-7,17H,8-12H2,1-3H3. The van der Waals surface area contributed by atoms with Crippen molar-refractivity contribution in [3.05, 3.63) is 35.4 Å². The first-order valence-corrected chi connectivity index (χ1v) is 7.06. The Morgan fingerprint density at radius 2 is 2.00 bits per heavy atom. The number of amides is 1. The predicted octanol–water partition coefficient (Wildman–Crippen LogP) is 2.14. The van der Waals surface area contributed by atoms with E-state index < -0.39 is 0 Å². The van der Waals surface area contributed by atoms with Gasteiger partial charge in [-0.05, 0) is 32.8 Å². The molecule has 1 aromatic carbocycles. The van der Waals surface area contributed by atoms with Gasteiger partial charge in [0, 0.05) is 31.6 Å². The fourth-order valence-electron chi connectivity index (χ4n) is 2.59. The van der Waals surface area contributed by atoms with Crippen molar-refractivity contribution in [3.8, 4) is 0 Å². The van der Waals surface area contributed by atoms with Gasteiger partial charge in [0.05, 0.1) is 0 Å². The van der Waals surface area contributed by atoms with Gasteiger partial charge in [-0.15, -0.1) is 0 Å². The molecule has 3 nitrogen and oxygen atoms in total. The summed E-state index contributed by atoms with van der Waals surface area (Å²) in [5.41, 5.74) is 2.44. The zero-order valence-electron chi connectivity index (χ0n) is 12.2. The van der Waals surface area contributed by atoms with Crippen LogP contribution in [0.3, 0.4) is 0 Å². The number of piperazine rings is 1. The first-order valence-electron chi connectivity index (χ1n) is 7.06. The molecule has 0 aliphatic carbocycles. The fourth-order valence-corrected chi connectivity index (χ4v) is 2.59. The molecule has 1 heterocycles. The molecule has 0 aromatic heterocycles. The molecule has 1 aliphatic heterocycles. The second kappa shape index (κ2) is 5.74. The molecule has 3 heteroatoms. The van der Waals surface area contributed by atoms with E-state index in [1.807, 2.05) is 4.90 Å². The van der Waals surface area contributed by atoms with Crippen LogP contribution in [0.5, 0.6) is 0 Å². The minimum absolute atomic E-state index is 0.0669. The zero-order valence-corrected chi connectivity index (χ0v) is 12.2. The average molecular weight is 260 g/mol. The summed E-state index contributed by atoms with van der Waals surface area (Å²) in [6.45, 7) is 8.94. The zero-order chi connectivity index (χ0) is 13.9. The first kappa shape index (κ1) is 14.1. The van der Waals surface area contributed by atoms with Crippen LogP contribution in [0.4, 0.5) is 0 Å². The number of nitrogens with zero attached hydrogens (tertiary/aromatic N) is 1. The molecule has 1 amide bonds. The van der Waals surface area contributed by atoms with Crippen molar-refractivity contribution < 1.29 is 4.79 Å². The largest absolute Gasteiger partial charge is 0.335 e. The fraction of sp³-hybridized carbons (Fsp3) is 0.562. The smallest absolute Gasteiger partial charge is 0.223 e. The highest BCUT2D eigenvalue weighted by Crippen LogP contribution is 2.18. The monoisotopic (exact) mass is 260 g/mol. The Bertz CT molecular complexity index is 437. The molecule has 1 fully saturated rings. The van der Waals surface area contributed by atoms with E-state index in [9.17, 15) is 4.79 Å². The highest BCUT2D eigenvalue weighted by molar-refractivity contribution is 5.77. The van der Waals surface area contributed by atoms with Crippen LogP contribution in [0, 0.1) is 6.92 Å². The minimum Gasteiger partial charge on any atom is -0.335 e. The molecule has 0 bridgehead atoms. The molecule has 0 spiro atoms. The van der Waals surface area contributed by atoms with Crippen molar-refractivity contribution in [2.24, 2.45) is 0 Å². The van der Waals surface area contributed by atoms with Crippen LogP contribution in [-0.2, 0) is 11.2 Å². The van der Waals surface area contributed by atoms with Gasteiger partial charge in [-0.25, -0.2) is 0 Å². The Hall–Kier alpha value is -1.35. The lowest BCUT2D eigenvalue weighted by atomic mass is 9.98. The lowest BCUT2D eigenvalue weighted by Gasteiger charge is -2.43. The topological polar surface area (TPSA) is 32.3 Å². The van der Waals surface area contributed by atoms with E-state index in [1.165, 1.54) is 11.1 Å². The molecule has 0 radical (unpaired) electrons. The third-order valence-electron chi connectivity index (χ3n) is 3.85. The number of carbonyl (C=O) groups excluding carboxylic acids is 1. The number of hydrogen-bond donors (Lipinski definition) is 1. The molecule has 1 saturated heterocycles. The van der Waals surface area contributed by atoms with Crippen LogP contribution in [0.25, 0.3) is 0 Å². The van der Waals surface area contributed by atoms with Crippen LogP contribution in [0.15, 0.2) is 24.3 Å². The van der Waals surface area contributed by atoms with Crippen molar-refractivity contribution in [2.45, 2.75) is 39.2 Å². The van der Waals surface area contributed by atoms with Gasteiger partial charge in [-0.2, -0.15) is 0 Å². The number of benzene rings is 1. The number of nitrogens with one attached hydrogen (secondary N) is 1. The van der Waals surface area contributed by atoms with Gasteiger partial charge in [0.2, 0.25) is 5.91 Å². The molecule has 104 valence electrons. The van der Waals surface area contributed by atoms with Crippen molar-refractivity contribution in [1.29, 1.82) is 0 Å². The normalized spacial score (nSPS) is 18.4. The highest BCUT2D eigenvalue weighted by Gasteiger charge is 2.32. The van der Waals surface area contributed by atoms with Gasteiger partial charge in [-0.3, -0.25) is 4.79 Å². The van der Waals surface area contributed by atoms with E-state index in [4.69, 9.17) is 0 Å². The summed E-state index contributed by atoms with van der Waals surface area (Å²) < 4.78 is 0. The quantitative estimate of drug-likeness (QED) is 0.903. The average Bonchev–Trinajstić information content (AvgIpc) is 2.37. The minimum atomic E-state index is -0.0669. The SMILES string of the molecule is Cc1ccc(CCC(=O)N2CCNCC2(C)C)cc1. The molecule has 1 aliphatic rings. The Morgan fingerprint density at radius 1 is 1.32 bits per heavy atom. The first-order chi connectivity index (χ1) is 8.99. The van der Waals surface area contributed by atoms with E-state index in [2.05, 4.69) is 50.4 Å². The van der Waals surface area contributed by atoms with Crippen LogP contribution in [0.2, 0.25) is 0 Å². The summed E-state index contributed by atoms with van der Waals surface area (Å²) in [6, 6.07) is 8.44. The van der Waals surface area contributed by atoms with Crippen LogP contribution in [0.1, 0.15) is 31.4 Å². The number of rotatable bonds is 3. The van der Waals surface area contributed by atoms with E-state index in [0.29, 0.717) is 6.42 Å². The van der Waals surface area contributed by atoms with Crippen molar-refractivity contribution in [3.63, 3.8) is 0 Å². The van der Waals surface area contributed by atoms with Crippen molar-refractivity contribution >= 4 is 5.91 Å². The predicted molar refractivity (Wildman–Crippen MR) is 78.2 cm³/mol. The second-order valence-corrected chi connectivity index (χ2v) is 6.02. The molecule has 2 rings (SSSR count). The highest BCUT2D eigenvalue weighted by atomic mass is 16.2. The second-order valence-electron chi connectivity index (χ2n) is 6.02. The summed E-state index contributed by atoms with van der Waals surface area (Å²) in [5.74, 6) is 0.270. The Labute approximate surface area is 116 Å². The molecule has 0 unspecified atom stereocenters. The Morgan fingerprint density at radius 3 is 2.63 bits per heavy atom. The number of carbonyl (C=O) groups is 1. The van der Waals surface area contributed by atoms with Gasteiger partial charge in [0.15, 0.2) is 0 Å². The van der Waals surface area contributed by atoms with E-state index >= 15 is 0 Å². The van der Waals surface area contributed by atoms with Crippen LogP contribution >= 0.6 is 0 Å². The molecule has 0 atom stereocenters.